The van der Waals surface area contributed by atoms with Gasteiger partial charge in [-0.1, -0.05) is 0 Å². The maximum atomic E-state index is 11.9. The molecule has 4 N–H and O–H groups in total. The van der Waals surface area contributed by atoms with Crippen molar-refractivity contribution in [2.45, 2.75) is 58.0 Å². The lowest BCUT2D eigenvalue weighted by Gasteiger charge is -2.55. The molecule has 0 spiro atoms. The lowest BCUT2D eigenvalue weighted by atomic mass is 9.79. The first-order chi connectivity index (χ1) is 10.1. The van der Waals surface area contributed by atoms with Crippen molar-refractivity contribution >= 4 is 17.5 Å². The van der Waals surface area contributed by atoms with E-state index in [0.717, 1.165) is 24.9 Å². The molecule has 0 aromatic heterocycles. The maximum absolute atomic E-state index is 11.9. The number of primary amides is 2. The van der Waals surface area contributed by atoms with Crippen LogP contribution in [0.3, 0.4) is 0 Å². The summed E-state index contributed by atoms with van der Waals surface area (Å²) in [6.07, 6.45) is 3.21. The minimum Gasteiger partial charge on any atom is -0.366 e. The number of hydrogen-bond acceptors (Lipinski definition) is 3. The molecule has 1 aliphatic rings. The van der Waals surface area contributed by atoms with Crippen molar-refractivity contribution < 1.29 is 9.59 Å². The third-order valence-corrected chi connectivity index (χ3v) is 4.58. The van der Waals surface area contributed by atoms with E-state index in [-0.39, 0.29) is 11.1 Å². The number of amides is 2. The second-order valence-electron chi connectivity index (χ2n) is 7.27. The molecule has 5 nitrogen and oxygen atoms in total. The van der Waals surface area contributed by atoms with Gasteiger partial charge in [0.05, 0.1) is 11.3 Å². The molecule has 2 amide bonds. The lowest BCUT2D eigenvalue weighted by Crippen LogP contribution is -2.59. The van der Waals surface area contributed by atoms with Gasteiger partial charge in [0.1, 0.15) is 0 Å². The highest BCUT2D eigenvalue weighted by atomic mass is 16.1. The first kappa shape index (κ1) is 16.3. The molecule has 1 saturated heterocycles. The Hall–Kier alpha value is -2.04. The third kappa shape index (κ3) is 2.80. The predicted octanol–water partition coefficient (Wildman–Crippen LogP) is 2.43. The number of nitrogens with zero attached hydrogens (tertiary/aromatic N) is 1. The van der Waals surface area contributed by atoms with Crippen LogP contribution in [-0.4, -0.2) is 22.9 Å². The van der Waals surface area contributed by atoms with Gasteiger partial charge < -0.3 is 16.4 Å². The number of anilines is 1. The van der Waals surface area contributed by atoms with E-state index in [1.165, 1.54) is 6.07 Å². The molecule has 1 aromatic rings. The van der Waals surface area contributed by atoms with Gasteiger partial charge in [-0.3, -0.25) is 9.59 Å². The molecule has 0 radical (unpaired) electrons. The lowest BCUT2D eigenvalue weighted by molar-refractivity contribution is 0.0998. The van der Waals surface area contributed by atoms with E-state index in [9.17, 15) is 9.59 Å². The van der Waals surface area contributed by atoms with Gasteiger partial charge in [-0.2, -0.15) is 0 Å². The number of carbonyl (C=O) groups is 2. The Morgan fingerprint density at radius 3 is 2.00 bits per heavy atom. The molecule has 0 bridgehead atoms. The van der Waals surface area contributed by atoms with Gasteiger partial charge in [0.2, 0.25) is 5.91 Å². The standard InChI is InChI=1S/C17H25N3O2/c1-16(2)8-5-9-17(3,4)20(16)13-7-6-11(14(18)21)10-12(13)15(19)22/h6-7,10H,5,8-9H2,1-4H3,(H2,18,21)(H2,19,22). The smallest absolute Gasteiger partial charge is 0.250 e. The fourth-order valence-corrected chi connectivity index (χ4v) is 3.73. The van der Waals surface area contributed by atoms with E-state index in [1.54, 1.807) is 12.1 Å². The van der Waals surface area contributed by atoms with Crippen LogP contribution in [0.15, 0.2) is 18.2 Å². The molecule has 1 fully saturated rings. The van der Waals surface area contributed by atoms with Crippen molar-refractivity contribution in [2.75, 3.05) is 4.90 Å². The van der Waals surface area contributed by atoms with Crippen LogP contribution in [0.1, 0.15) is 67.7 Å². The Kier molecular flexibility index (Phi) is 3.94. The fourth-order valence-electron chi connectivity index (χ4n) is 3.73. The summed E-state index contributed by atoms with van der Waals surface area (Å²) in [6, 6.07) is 4.95. The first-order valence-corrected chi connectivity index (χ1v) is 7.60. The summed E-state index contributed by atoms with van der Waals surface area (Å²) in [6.45, 7) is 8.67. The third-order valence-electron chi connectivity index (χ3n) is 4.58. The van der Waals surface area contributed by atoms with Crippen molar-refractivity contribution in [3.05, 3.63) is 29.3 Å². The minimum atomic E-state index is -0.564. The highest BCUT2D eigenvalue weighted by Gasteiger charge is 2.42. The summed E-state index contributed by atoms with van der Waals surface area (Å²) in [5, 5.41) is 0. The molecule has 5 heteroatoms. The summed E-state index contributed by atoms with van der Waals surface area (Å²) >= 11 is 0. The average molecular weight is 303 g/mol. The monoisotopic (exact) mass is 303 g/mol. The summed E-state index contributed by atoms with van der Waals surface area (Å²) in [4.78, 5) is 25.5. The SMILES string of the molecule is CC1(C)CCCC(C)(C)N1c1ccc(C(N)=O)cc1C(N)=O. The topological polar surface area (TPSA) is 89.4 Å². The highest BCUT2D eigenvalue weighted by Crippen LogP contribution is 2.43. The van der Waals surface area contributed by atoms with Crippen LogP contribution in [0, 0.1) is 0 Å². The zero-order chi connectivity index (χ0) is 16.7. The summed E-state index contributed by atoms with van der Waals surface area (Å²) in [7, 11) is 0. The van der Waals surface area contributed by atoms with Gasteiger partial charge >= 0.3 is 0 Å². The van der Waals surface area contributed by atoms with Crippen molar-refractivity contribution in [2.24, 2.45) is 11.5 Å². The summed E-state index contributed by atoms with van der Waals surface area (Å²) < 4.78 is 0. The number of carbonyl (C=O) groups excluding carboxylic acids is 2. The van der Waals surface area contributed by atoms with Crippen LogP contribution in [0.25, 0.3) is 0 Å². The Morgan fingerprint density at radius 2 is 1.55 bits per heavy atom. The van der Waals surface area contributed by atoms with E-state index in [4.69, 9.17) is 11.5 Å². The Balaban J connectivity index is 2.63. The van der Waals surface area contributed by atoms with Crippen molar-refractivity contribution in [3.63, 3.8) is 0 Å². The van der Waals surface area contributed by atoms with Gasteiger partial charge in [0.25, 0.3) is 5.91 Å². The molecular formula is C17H25N3O2. The zero-order valence-corrected chi connectivity index (χ0v) is 13.8. The average Bonchev–Trinajstić information content (AvgIpc) is 2.36. The molecule has 22 heavy (non-hydrogen) atoms. The second kappa shape index (κ2) is 5.30. The first-order valence-electron chi connectivity index (χ1n) is 7.60. The van der Waals surface area contributed by atoms with Gasteiger partial charge in [-0.25, -0.2) is 0 Å². The quantitative estimate of drug-likeness (QED) is 0.898. The number of piperidine rings is 1. The van der Waals surface area contributed by atoms with Crippen LogP contribution in [0.2, 0.25) is 0 Å². The number of rotatable bonds is 3. The molecule has 0 atom stereocenters. The molecule has 1 aliphatic heterocycles. The second-order valence-corrected chi connectivity index (χ2v) is 7.27. The van der Waals surface area contributed by atoms with Gasteiger partial charge in [0.15, 0.2) is 0 Å². The van der Waals surface area contributed by atoms with Crippen LogP contribution in [-0.2, 0) is 0 Å². The van der Waals surface area contributed by atoms with E-state index < -0.39 is 11.8 Å². The molecule has 1 heterocycles. The predicted molar refractivity (Wildman–Crippen MR) is 88.0 cm³/mol. The fraction of sp³-hybridized carbons (Fsp3) is 0.529. The van der Waals surface area contributed by atoms with E-state index in [2.05, 4.69) is 32.6 Å². The molecule has 120 valence electrons. The van der Waals surface area contributed by atoms with Crippen molar-refractivity contribution in [1.29, 1.82) is 0 Å². The van der Waals surface area contributed by atoms with Crippen LogP contribution in [0.5, 0.6) is 0 Å². The molecular weight excluding hydrogens is 278 g/mol. The number of hydrogen-bond donors (Lipinski definition) is 2. The summed E-state index contributed by atoms with van der Waals surface area (Å²) in [5.74, 6) is -1.11. The van der Waals surface area contributed by atoms with Gasteiger partial charge in [0, 0.05) is 16.6 Å². The van der Waals surface area contributed by atoms with Gasteiger partial charge in [-0.15, -0.1) is 0 Å². The van der Waals surface area contributed by atoms with Crippen molar-refractivity contribution in [1.82, 2.24) is 0 Å². The normalized spacial score (nSPS) is 19.7. The summed E-state index contributed by atoms with van der Waals surface area (Å²) in [5.41, 5.74) is 12.1. The Labute approximate surface area is 131 Å². The zero-order valence-electron chi connectivity index (χ0n) is 13.8. The molecule has 0 aliphatic carbocycles. The molecule has 2 rings (SSSR count). The molecule has 0 saturated carbocycles. The number of benzene rings is 1. The van der Waals surface area contributed by atoms with Gasteiger partial charge in [-0.05, 0) is 65.2 Å². The number of nitrogens with two attached hydrogens (primary N) is 2. The Bertz CT molecular complexity index is 604. The van der Waals surface area contributed by atoms with E-state index in [1.807, 2.05) is 0 Å². The van der Waals surface area contributed by atoms with Crippen LogP contribution >= 0.6 is 0 Å². The minimum absolute atomic E-state index is 0.0970. The molecule has 0 unspecified atom stereocenters. The maximum Gasteiger partial charge on any atom is 0.250 e. The Morgan fingerprint density at radius 1 is 1.00 bits per heavy atom. The highest BCUT2D eigenvalue weighted by molar-refractivity contribution is 6.02. The van der Waals surface area contributed by atoms with E-state index in [0.29, 0.717) is 11.1 Å². The molecule has 1 aromatic carbocycles. The van der Waals surface area contributed by atoms with Crippen LogP contribution in [0.4, 0.5) is 5.69 Å². The largest absolute Gasteiger partial charge is 0.366 e. The van der Waals surface area contributed by atoms with E-state index >= 15 is 0 Å². The van der Waals surface area contributed by atoms with Crippen molar-refractivity contribution in [3.8, 4) is 0 Å². The van der Waals surface area contributed by atoms with Crippen LogP contribution < -0.4 is 16.4 Å².